The Morgan fingerprint density at radius 3 is 2.68 bits per heavy atom. The number of allylic oxidation sites excluding steroid dienone is 3. The van der Waals surface area contributed by atoms with Gasteiger partial charge < -0.3 is 10.6 Å². The van der Waals surface area contributed by atoms with E-state index in [0.717, 1.165) is 41.1 Å². The molecular weight excluding hydrogens is 498 g/mol. The molecule has 0 radical (unpaired) electrons. The maximum atomic E-state index is 13.9. The number of Topliss-reactive ketones (excluding diaryl/α,β-unsaturated/α-hetero) is 1. The zero-order chi connectivity index (χ0) is 25.9. The highest BCUT2D eigenvalue weighted by Gasteiger charge is 2.42. The predicted octanol–water partition coefficient (Wildman–Crippen LogP) is 6.82. The molecule has 2 N–H and O–H groups in total. The molecule has 1 aliphatic heterocycles. The lowest BCUT2D eigenvalue weighted by molar-refractivity contribution is -0.116. The van der Waals surface area contributed by atoms with Crippen LogP contribution in [0.1, 0.15) is 61.5 Å². The Labute approximate surface area is 226 Å². The Balaban J connectivity index is 1.61. The summed E-state index contributed by atoms with van der Waals surface area (Å²) < 4.78 is 1.19. The summed E-state index contributed by atoms with van der Waals surface area (Å²) in [5, 5.41) is 6.52. The normalized spacial score (nSPS) is 19.5. The van der Waals surface area contributed by atoms with Crippen LogP contribution in [0.5, 0.6) is 0 Å². The van der Waals surface area contributed by atoms with Crippen molar-refractivity contribution in [1.82, 2.24) is 10.3 Å². The molecule has 2 aromatic heterocycles. The molecule has 7 heteroatoms. The molecule has 0 saturated carbocycles. The van der Waals surface area contributed by atoms with E-state index in [-0.39, 0.29) is 17.6 Å². The molecule has 190 valence electrons. The van der Waals surface area contributed by atoms with E-state index >= 15 is 0 Å². The van der Waals surface area contributed by atoms with Crippen molar-refractivity contribution in [3.63, 3.8) is 0 Å². The second-order valence-corrected chi connectivity index (χ2v) is 12.0. The van der Waals surface area contributed by atoms with Crippen molar-refractivity contribution < 1.29 is 9.59 Å². The van der Waals surface area contributed by atoms with Gasteiger partial charge in [-0.3, -0.25) is 14.6 Å². The number of amides is 1. The quantitative estimate of drug-likeness (QED) is 0.329. The van der Waals surface area contributed by atoms with Crippen molar-refractivity contribution in [2.45, 2.75) is 56.1 Å². The summed E-state index contributed by atoms with van der Waals surface area (Å²) in [6.07, 6.45) is 5.43. The number of nitrogens with zero attached hydrogens (tertiary/aromatic N) is 1. The van der Waals surface area contributed by atoms with Gasteiger partial charge >= 0.3 is 0 Å². The lowest BCUT2D eigenvalue weighted by atomic mass is 9.72. The van der Waals surface area contributed by atoms with E-state index < -0.39 is 5.92 Å². The number of anilines is 1. The number of thiophene rings is 1. The van der Waals surface area contributed by atoms with Crippen LogP contribution in [-0.2, 0) is 16.0 Å². The van der Waals surface area contributed by atoms with Crippen molar-refractivity contribution >= 4 is 40.5 Å². The molecule has 2 aliphatic rings. The average molecular weight is 530 g/mol. The molecule has 0 fully saturated rings. The third-order valence-electron chi connectivity index (χ3n) is 6.97. The van der Waals surface area contributed by atoms with Crippen LogP contribution >= 0.6 is 23.1 Å². The third kappa shape index (κ3) is 5.15. The Bertz CT molecular complexity index is 1380. The standard InChI is InChI=1S/C30H31N3O2S2/c1-4-22-16-23(30(37-22)36-5-2)27-26(29(35)33-21-12-9-13-31-17-21)18(3)32-24-14-20(15-25(34)28(24)27)19-10-7-6-8-11-19/h6-13,16-17,20,27,32H,4-5,14-15H2,1-3H3,(H,33,35)/t20-,27-/m0/s1. The summed E-state index contributed by atoms with van der Waals surface area (Å²) in [5.74, 6) is 0.560. The van der Waals surface area contributed by atoms with E-state index in [4.69, 9.17) is 0 Å². The van der Waals surface area contributed by atoms with Gasteiger partial charge in [-0.15, -0.1) is 23.1 Å². The third-order valence-corrected chi connectivity index (χ3v) is 9.45. The molecule has 37 heavy (non-hydrogen) atoms. The first-order chi connectivity index (χ1) is 18.0. The number of hydrogen-bond donors (Lipinski definition) is 2. The molecule has 0 spiro atoms. The van der Waals surface area contributed by atoms with Gasteiger partial charge in [0.15, 0.2) is 5.78 Å². The molecule has 3 aromatic rings. The fraction of sp³-hybridized carbons (Fsp3) is 0.300. The Kier molecular flexibility index (Phi) is 7.63. The first-order valence-electron chi connectivity index (χ1n) is 12.8. The summed E-state index contributed by atoms with van der Waals surface area (Å²) in [7, 11) is 0. The summed E-state index contributed by atoms with van der Waals surface area (Å²) in [5.41, 5.74) is 5.97. The minimum absolute atomic E-state index is 0.114. The molecule has 0 bridgehead atoms. The van der Waals surface area contributed by atoms with E-state index in [2.05, 4.69) is 47.7 Å². The van der Waals surface area contributed by atoms with Gasteiger partial charge in [0.25, 0.3) is 5.91 Å². The highest BCUT2D eigenvalue weighted by Crippen LogP contribution is 2.49. The van der Waals surface area contributed by atoms with Gasteiger partial charge in [-0.25, -0.2) is 0 Å². The van der Waals surface area contributed by atoms with Crippen LogP contribution in [0, 0.1) is 0 Å². The monoisotopic (exact) mass is 529 g/mol. The number of aryl methyl sites for hydroxylation is 1. The van der Waals surface area contributed by atoms with Gasteiger partial charge in [-0.2, -0.15) is 0 Å². The molecule has 5 rings (SSSR count). The minimum Gasteiger partial charge on any atom is -0.362 e. The highest BCUT2D eigenvalue weighted by atomic mass is 32.2. The lowest BCUT2D eigenvalue weighted by Crippen LogP contribution is -2.37. The highest BCUT2D eigenvalue weighted by molar-refractivity contribution is 8.01. The average Bonchev–Trinajstić information content (AvgIpc) is 3.31. The van der Waals surface area contributed by atoms with Crippen molar-refractivity contribution in [1.29, 1.82) is 0 Å². The van der Waals surface area contributed by atoms with Gasteiger partial charge in [-0.1, -0.05) is 44.2 Å². The number of benzene rings is 1. The van der Waals surface area contributed by atoms with Crippen molar-refractivity contribution in [3.05, 3.63) is 99.5 Å². The van der Waals surface area contributed by atoms with Crippen LogP contribution in [0.25, 0.3) is 0 Å². The molecule has 1 aliphatic carbocycles. The molecule has 1 amide bonds. The van der Waals surface area contributed by atoms with E-state index in [9.17, 15) is 9.59 Å². The molecule has 2 atom stereocenters. The number of nitrogens with one attached hydrogen (secondary N) is 2. The first-order valence-corrected chi connectivity index (χ1v) is 14.6. The van der Waals surface area contributed by atoms with Crippen LogP contribution in [0.3, 0.4) is 0 Å². The van der Waals surface area contributed by atoms with Crippen LogP contribution in [0.2, 0.25) is 0 Å². The number of dihydropyridines is 1. The van der Waals surface area contributed by atoms with E-state index in [0.29, 0.717) is 17.7 Å². The summed E-state index contributed by atoms with van der Waals surface area (Å²) >= 11 is 3.57. The van der Waals surface area contributed by atoms with Crippen molar-refractivity contribution in [2.24, 2.45) is 0 Å². The van der Waals surface area contributed by atoms with Gasteiger partial charge in [0, 0.05) is 46.0 Å². The van der Waals surface area contributed by atoms with Crippen LogP contribution in [0.4, 0.5) is 5.69 Å². The Hall–Kier alpha value is -3.16. The van der Waals surface area contributed by atoms with Gasteiger partial charge in [0.05, 0.1) is 16.1 Å². The maximum absolute atomic E-state index is 13.9. The van der Waals surface area contributed by atoms with Gasteiger partial charge in [0.1, 0.15) is 0 Å². The lowest BCUT2D eigenvalue weighted by Gasteiger charge is -2.37. The molecule has 0 saturated heterocycles. The van der Waals surface area contributed by atoms with Crippen LogP contribution in [0.15, 0.2) is 87.7 Å². The Morgan fingerprint density at radius 2 is 1.97 bits per heavy atom. The number of carbonyl (C=O) groups is 2. The SMILES string of the molecule is CCSc1sc(CC)cc1[C@H]1C(C(=O)Nc2cccnc2)=C(C)NC2=C1C(=O)C[C@@H](c1ccccc1)C2. The molecule has 3 heterocycles. The second kappa shape index (κ2) is 11.1. The summed E-state index contributed by atoms with van der Waals surface area (Å²) in [6, 6.07) is 16.1. The smallest absolute Gasteiger partial charge is 0.254 e. The van der Waals surface area contributed by atoms with Crippen LogP contribution < -0.4 is 10.6 Å². The second-order valence-electron chi connectivity index (χ2n) is 9.37. The molecule has 5 nitrogen and oxygen atoms in total. The van der Waals surface area contributed by atoms with Gasteiger partial charge in [0.2, 0.25) is 0 Å². The predicted molar refractivity (Wildman–Crippen MR) is 152 cm³/mol. The first kappa shape index (κ1) is 25.5. The summed E-state index contributed by atoms with van der Waals surface area (Å²) in [4.78, 5) is 33.1. The zero-order valence-corrected chi connectivity index (χ0v) is 23.0. The van der Waals surface area contributed by atoms with Crippen LogP contribution in [-0.4, -0.2) is 22.4 Å². The number of rotatable bonds is 7. The fourth-order valence-electron chi connectivity index (χ4n) is 5.31. The minimum atomic E-state index is -0.400. The number of ketones is 1. The number of carbonyl (C=O) groups excluding carboxylic acids is 2. The van der Waals surface area contributed by atoms with Crippen molar-refractivity contribution in [3.8, 4) is 0 Å². The van der Waals surface area contributed by atoms with E-state index in [1.165, 1.54) is 14.6 Å². The topological polar surface area (TPSA) is 71.1 Å². The number of pyridine rings is 1. The van der Waals surface area contributed by atoms with Gasteiger partial charge in [-0.05, 0) is 60.8 Å². The summed E-state index contributed by atoms with van der Waals surface area (Å²) in [6.45, 7) is 6.24. The number of thioether (sulfide) groups is 1. The molecule has 0 unspecified atom stereocenters. The Morgan fingerprint density at radius 1 is 1.16 bits per heavy atom. The fourth-order valence-corrected chi connectivity index (χ4v) is 7.69. The zero-order valence-electron chi connectivity index (χ0n) is 21.3. The number of hydrogen-bond acceptors (Lipinski definition) is 6. The largest absolute Gasteiger partial charge is 0.362 e. The number of aromatic nitrogens is 1. The molecular formula is C30H31N3O2S2. The van der Waals surface area contributed by atoms with E-state index in [1.807, 2.05) is 31.2 Å². The maximum Gasteiger partial charge on any atom is 0.254 e. The van der Waals surface area contributed by atoms with Crippen molar-refractivity contribution in [2.75, 3.05) is 11.1 Å². The van der Waals surface area contributed by atoms with E-state index in [1.54, 1.807) is 41.6 Å². The molecule has 1 aromatic carbocycles.